The number of carbonyl (C=O) groups excluding carboxylic acids is 2. The Labute approximate surface area is 211 Å². The summed E-state index contributed by atoms with van der Waals surface area (Å²) in [5, 5.41) is 1.61. The molecule has 0 spiro atoms. The summed E-state index contributed by atoms with van der Waals surface area (Å²) < 4.78 is 16.6. The summed E-state index contributed by atoms with van der Waals surface area (Å²) in [4.78, 5) is 20.0. The fraction of sp³-hybridized carbons (Fsp3) is 0.250. The van der Waals surface area contributed by atoms with Gasteiger partial charge < -0.3 is 11.5 Å². The molecule has 0 aliphatic carbocycles. The molecule has 0 saturated heterocycles. The summed E-state index contributed by atoms with van der Waals surface area (Å²) in [7, 11) is -1.00. The van der Waals surface area contributed by atoms with E-state index < -0.39 is 19.0 Å². The van der Waals surface area contributed by atoms with E-state index in [2.05, 4.69) is 35.2 Å². The molecule has 32 heavy (non-hydrogen) atoms. The number of rotatable bonds is 5. The number of halogens is 4. The number of carbonyl (C=O) groups is 2. The van der Waals surface area contributed by atoms with Crippen LogP contribution in [0.2, 0.25) is 10.0 Å². The van der Waals surface area contributed by atoms with Crippen molar-refractivity contribution >= 4 is 57.0 Å². The van der Waals surface area contributed by atoms with Crippen LogP contribution >= 0.6 is 39.1 Å². The molecule has 4 nitrogen and oxygen atoms in total. The number of alkyl halides is 1. The lowest BCUT2D eigenvalue weighted by molar-refractivity contribution is -0.114. The number of aryl methyl sites for hydroxylation is 2. The predicted molar refractivity (Wildman–Crippen MR) is 141 cm³/mol. The second kappa shape index (κ2) is 20.7. The highest BCUT2D eigenvalue weighted by atomic mass is 79.9. The van der Waals surface area contributed by atoms with Crippen molar-refractivity contribution in [2.75, 3.05) is 7.15 Å². The van der Waals surface area contributed by atoms with Crippen LogP contribution < -0.4 is 11.5 Å². The Kier molecular flexibility index (Phi) is 20.8. The first kappa shape index (κ1) is 32.0. The Bertz CT molecular complexity index is 897. The van der Waals surface area contributed by atoms with Crippen LogP contribution in [0.15, 0.2) is 59.6 Å². The van der Waals surface area contributed by atoms with Gasteiger partial charge in [0.2, 0.25) is 11.8 Å². The third-order valence-corrected chi connectivity index (χ3v) is 4.71. The van der Waals surface area contributed by atoms with Gasteiger partial charge >= 0.3 is 0 Å². The van der Waals surface area contributed by atoms with Crippen LogP contribution in [0.3, 0.4) is 0 Å². The lowest BCUT2D eigenvalue weighted by Crippen LogP contribution is -2.05. The molecule has 0 aliphatic heterocycles. The topological polar surface area (TPSA) is 86.2 Å². The average molecular weight is 551 g/mol. The van der Waals surface area contributed by atoms with Gasteiger partial charge in [-0.25, -0.2) is 0 Å². The standard InChI is InChI=1S/C11H12ClNO.C8H8BrCl.C3H5NO.CH3F.CH4/c1-2-9-7-8(3-5-10(9)12)4-6-11(13)14;1-2-6-5-7(9)3-4-8(6)10;1-2-3(4)5;1-2;/h3-7H,2H2,1H3,(H2,13,14);3-5H,2H2,1H3;2H,1H2,(H2,4,5);1H3;1H4/b6-4+;;;;/i;;;1D;. The molecule has 0 aromatic heterocycles. The number of hydrogen-bond acceptors (Lipinski definition) is 2. The molecule has 2 aromatic carbocycles. The van der Waals surface area contributed by atoms with Gasteiger partial charge in [-0.15, -0.1) is 0 Å². The third-order valence-electron chi connectivity index (χ3n) is 3.48. The van der Waals surface area contributed by atoms with Crippen molar-refractivity contribution in [3.8, 4) is 0 Å². The smallest absolute Gasteiger partial charge is 0.241 e. The molecule has 0 saturated carbocycles. The molecule has 2 amide bonds. The summed E-state index contributed by atoms with van der Waals surface area (Å²) in [5.74, 6) is -0.928. The van der Waals surface area contributed by atoms with E-state index in [1.807, 2.05) is 43.3 Å². The van der Waals surface area contributed by atoms with Gasteiger partial charge in [0, 0.05) is 20.6 Å². The number of benzene rings is 2. The first-order valence-electron chi connectivity index (χ1n) is 9.73. The second-order valence-corrected chi connectivity index (χ2v) is 7.37. The highest BCUT2D eigenvalue weighted by molar-refractivity contribution is 9.10. The van der Waals surface area contributed by atoms with Crippen LogP contribution in [0.4, 0.5) is 4.39 Å². The zero-order valence-electron chi connectivity index (χ0n) is 18.5. The fourth-order valence-electron chi connectivity index (χ4n) is 1.96. The maximum atomic E-state index is 10.5. The molecule has 0 radical (unpaired) electrons. The maximum Gasteiger partial charge on any atom is 0.241 e. The molecule has 2 aromatic rings. The summed E-state index contributed by atoms with van der Waals surface area (Å²) in [6, 6.07) is 11.5. The minimum Gasteiger partial charge on any atom is -0.366 e. The van der Waals surface area contributed by atoms with E-state index in [-0.39, 0.29) is 7.43 Å². The molecular formula is C24H32BrCl2FN2O2. The molecule has 0 fully saturated rings. The first-order valence-corrected chi connectivity index (χ1v) is 10.6. The van der Waals surface area contributed by atoms with E-state index in [0.717, 1.165) is 44.6 Å². The number of primary amides is 2. The van der Waals surface area contributed by atoms with Gasteiger partial charge in [-0.3, -0.25) is 14.0 Å². The summed E-state index contributed by atoms with van der Waals surface area (Å²) in [6.45, 7) is 7.21. The molecule has 178 valence electrons. The summed E-state index contributed by atoms with van der Waals surface area (Å²) >= 11 is 15.2. The molecule has 4 N–H and O–H groups in total. The largest absolute Gasteiger partial charge is 0.366 e. The minimum absolute atomic E-state index is 0. The fourth-order valence-corrected chi connectivity index (χ4v) is 2.87. The molecular weight excluding hydrogens is 518 g/mol. The van der Waals surface area contributed by atoms with Crippen LogP contribution in [0.5, 0.6) is 0 Å². The van der Waals surface area contributed by atoms with Gasteiger partial charge in [0.1, 0.15) is 0 Å². The number of nitrogens with two attached hydrogens (primary N) is 2. The van der Waals surface area contributed by atoms with Gasteiger partial charge in [0.15, 0.2) is 0 Å². The van der Waals surface area contributed by atoms with Crippen molar-refractivity contribution in [2.45, 2.75) is 34.1 Å². The van der Waals surface area contributed by atoms with E-state index in [0.29, 0.717) is 0 Å². The molecule has 0 bridgehead atoms. The normalized spacial score (nSPS) is 9.38. The van der Waals surface area contributed by atoms with Gasteiger partial charge in [0.25, 0.3) is 0 Å². The van der Waals surface area contributed by atoms with Crippen LogP contribution in [-0.2, 0) is 22.4 Å². The Morgan fingerprint density at radius 3 is 1.88 bits per heavy atom. The lowest BCUT2D eigenvalue weighted by Gasteiger charge is -2.01. The summed E-state index contributed by atoms with van der Waals surface area (Å²) in [5.41, 5.74) is 12.7. The van der Waals surface area contributed by atoms with Crippen molar-refractivity contribution in [1.29, 1.82) is 0 Å². The Morgan fingerprint density at radius 2 is 1.50 bits per heavy atom. The van der Waals surface area contributed by atoms with E-state index in [1.165, 1.54) is 11.6 Å². The number of amides is 2. The molecule has 8 heteroatoms. The Morgan fingerprint density at radius 1 is 1.06 bits per heavy atom. The second-order valence-electron chi connectivity index (χ2n) is 5.64. The van der Waals surface area contributed by atoms with Crippen molar-refractivity contribution in [3.05, 3.63) is 86.3 Å². The predicted octanol–water partition coefficient (Wildman–Crippen LogP) is 6.95. The number of hydrogen-bond donors (Lipinski definition) is 2. The Hall–Kier alpha value is -2.15. The minimum atomic E-state index is -1.00. The molecule has 0 atom stereocenters. The van der Waals surface area contributed by atoms with Crippen molar-refractivity contribution < 1.29 is 15.4 Å². The highest BCUT2D eigenvalue weighted by Crippen LogP contribution is 2.21. The quantitative estimate of drug-likeness (QED) is 0.395. The maximum absolute atomic E-state index is 10.5. The molecule has 2 rings (SSSR count). The zero-order valence-corrected chi connectivity index (χ0v) is 20.6. The molecule has 0 aliphatic rings. The van der Waals surface area contributed by atoms with Crippen LogP contribution in [0.1, 0.15) is 39.3 Å². The van der Waals surface area contributed by atoms with Crippen LogP contribution in [0.25, 0.3) is 6.08 Å². The third kappa shape index (κ3) is 16.5. The van der Waals surface area contributed by atoms with Gasteiger partial charge in [0.05, 0.1) is 8.52 Å². The zero-order chi connectivity index (χ0) is 25.1. The SMILES string of the molecule is C.C=CC(N)=O.CCc1cc(/C=C/C(N)=O)ccc1Cl.CCc1cc(Br)ccc1Cl.[2H]CF. The van der Waals surface area contributed by atoms with Crippen molar-refractivity contribution in [3.63, 3.8) is 0 Å². The monoisotopic (exact) mass is 549 g/mol. The van der Waals surface area contributed by atoms with Crippen LogP contribution in [0, 0.1) is 0 Å². The molecule has 0 heterocycles. The summed E-state index contributed by atoms with van der Waals surface area (Å²) in [6.07, 6.45) is 5.93. The average Bonchev–Trinajstić information content (AvgIpc) is 2.76. The van der Waals surface area contributed by atoms with E-state index >= 15 is 0 Å². The van der Waals surface area contributed by atoms with Gasteiger partial charge in [-0.2, -0.15) is 0 Å². The van der Waals surface area contributed by atoms with E-state index in [4.69, 9.17) is 30.3 Å². The van der Waals surface area contributed by atoms with Crippen molar-refractivity contribution in [1.82, 2.24) is 0 Å². The van der Waals surface area contributed by atoms with Gasteiger partial charge in [-0.05, 0) is 65.9 Å². The lowest BCUT2D eigenvalue weighted by atomic mass is 10.1. The van der Waals surface area contributed by atoms with Gasteiger partial charge in [-0.1, -0.05) is 79.1 Å². The van der Waals surface area contributed by atoms with E-state index in [9.17, 15) is 14.0 Å². The first-order chi connectivity index (χ1) is 15.1. The van der Waals surface area contributed by atoms with Crippen molar-refractivity contribution in [2.24, 2.45) is 11.5 Å². The molecule has 0 unspecified atom stereocenters. The van der Waals surface area contributed by atoms with E-state index in [1.54, 1.807) is 6.08 Å². The highest BCUT2D eigenvalue weighted by Gasteiger charge is 1.98. The van der Waals surface area contributed by atoms with Crippen LogP contribution in [-0.4, -0.2) is 19.0 Å². The Balaban J connectivity index is -0.000000414.